The van der Waals surface area contributed by atoms with Crippen LogP contribution in [0.1, 0.15) is 15.2 Å². The Kier molecular flexibility index (Phi) is 2.80. The van der Waals surface area contributed by atoms with Crippen molar-refractivity contribution in [2.24, 2.45) is 0 Å². The normalized spacial score (nSPS) is 10.6. The zero-order chi connectivity index (χ0) is 11.0. The summed E-state index contributed by atoms with van der Waals surface area (Å²) in [7, 11) is 1.40. The molecule has 0 aliphatic rings. The Morgan fingerprint density at radius 3 is 2.87 bits per heavy atom. The number of aryl methyl sites for hydroxylation is 1. The average Bonchev–Trinajstić information content (AvgIpc) is 2.54. The standard InChI is InChI=1S/C11H9BrO2S/c1-6-9(12)7-4-3-5-8(10(7)15-6)11(13)14-2/h3-5H,1-2H3. The Hall–Kier alpha value is -0.870. The third-order valence-corrected chi connectivity index (χ3v) is 4.66. The van der Waals surface area contributed by atoms with Gasteiger partial charge in [0.25, 0.3) is 0 Å². The fourth-order valence-electron chi connectivity index (χ4n) is 1.48. The first-order chi connectivity index (χ1) is 7.15. The van der Waals surface area contributed by atoms with E-state index in [0.717, 1.165) is 14.6 Å². The molecule has 0 unspecified atom stereocenters. The number of ether oxygens (including phenoxy) is 1. The van der Waals surface area contributed by atoms with E-state index in [1.807, 2.05) is 19.1 Å². The molecular weight excluding hydrogens is 276 g/mol. The lowest BCUT2D eigenvalue weighted by atomic mass is 10.1. The monoisotopic (exact) mass is 284 g/mol. The molecule has 2 aromatic rings. The Balaban J connectivity index is 2.77. The molecule has 1 heterocycles. The van der Waals surface area contributed by atoms with Gasteiger partial charge in [-0.1, -0.05) is 12.1 Å². The van der Waals surface area contributed by atoms with Crippen LogP contribution in [0.2, 0.25) is 0 Å². The van der Waals surface area contributed by atoms with Crippen LogP contribution in [-0.2, 0) is 4.74 Å². The van der Waals surface area contributed by atoms with Gasteiger partial charge in [0.2, 0.25) is 0 Å². The van der Waals surface area contributed by atoms with E-state index < -0.39 is 0 Å². The molecule has 0 saturated carbocycles. The van der Waals surface area contributed by atoms with Gasteiger partial charge >= 0.3 is 5.97 Å². The fraction of sp³-hybridized carbons (Fsp3) is 0.182. The van der Waals surface area contributed by atoms with E-state index in [1.165, 1.54) is 12.0 Å². The number of benzene rings is 1. The van der Waals surface area contributed by atoms with Crippen LogP contribution in [0.15, 0.2) is 22.7 Å². The van der Waals surface area contributed by atoms with Crippen molar-refractivity contribution in [2.45, 2.75) is 6.92 Å². The average molecular weight is 285 g/mol. The van der Waals surface area contributed by atoms with E-state index >= 15 is 0 Å². The molecule has 0 fully saturated rings. The number of methoxy groups -OCH3 is 1. The number of hydrogen-bond donors (Lipinski definition) is 0. The van der Waals surface area contributed by atoms with E-state index in [9.17, 15) is 4.79 Å². The molecule has 0 aliphatic heterocycles. The highest BCUT2D eigenvalue weighted by atomic mass is 79.9. The molecule has 0 radical (unpaired) electrons. The van der Waals surface area contributed by atoms with Crippen LogP contribution in [0, 0.1) is 6.92 Å². The molecule has 0 atom stereocenters. The molecule has 0 amide bonds. The first-order valence-electron chi connectivity index (χ1n) is 4.41. The molecule has 2 nitrogen and oxygen atoms in total. The number of fused-ring (bicyclic) bond motifs is 1. The van der Waals surface area contributed by atoms with Gasteiger partial charge in [-0.05, 0) is 28.9 Å². The zero-order valence-electron chi connectivity index (χ0n) is 8.33. The van der Waals surface area contributed by atoms with Gasteiger partial charge in [0, 0.05) is 14.7 Å². The highest BCUT2D eigenvalue weighted by molar-refractivity contribution is 9.10. The molecule has 78 valence electrons. The van der Waals surface area contributed by atoms with Gasteiger partial charge in [0.05, 0.1) is 17.4 Å². The maximum Gasteiger partial charge on any atom is 0.339 e. The maximum absolute atomic E-state index is 11.5. The lowest BCUT2D eigenvalue weighted by Crippen LogP contribution is -2.00. The van der Waals surface area contributed by atoms with Crippen molar-refractivity contribution in [3.05, 3.63) is 33.1 Å². The summed E-state index contributed by atoms with van der Waals surface area (Å²) in [5.74, 6) is -0.283. The van der Waals surface area contributed by atoms with Gasteiger partial charge in [-0.25, -0.2) is 4.79 Å². The highest BCUT2D eigenvalue weighted by Crippen LogP contribution is 2.36. The van der Waals surface area contributed by atoms with Crippen molar-refractivity contribution in [3.63, 3.8) is 0 Å². The summed E-state index contributed by atoms with van der Waals surface area (Å²) in [6.07, 6.45) is 0. The van der Waals surface area contributed by atoms with Gasteiger partial charge in [0.15, 0.2) is 0 Å². The van der Waals surface area contributed by atoms with Crippen molar-refractivity contribution in [1.29, 1.82) is 0 Å². The second-order valence-electron chi connectivity index (χ2n) is 3.15. The molecule has 2 rings (SSSR count). The predicted molar refractivity (Wildman–Crippen MR) is 65.6 cm³/mol. The minimum absolute atomic E-state index is 0.283. The molecule has 1 aromatic carbocycles. The van der Waals surface area contributed by atoms with Crippen molar-refractivity contribution < 1.29 is 9.53 Å². The Morgan fingerprint density at radius 1 is 1.47 bits per heavy atom. The number of halogens is 1. The Morgan fingerprint density at radius 2 is 2.20 bits per heavy atom. The first-order valence-corrected chi connectivity index (χ1v) is 6.02. The summed E-state index contributed by atoms with van der Waals surface area (Å²) in [6.45, 7) is 2.02. The first kappa shape index (κ1) is 10.6. The van der Waals surface area contributed by atoms with Crippen molar-refractivity contribution in [2.75, 3.05) is 7.11 Å². The molecule has 0 bridgehead atoms. The van der Waals surface area contributed by atoms with E-state index in [2.05, 4.69) is 15.9 Å². The second-order valence-corrected chi connectivity index (χ2v) is 5.16. The van der Waals surface area contributed by atoms with Crippen molar-refractivity contribution in [1.82, 2.24) is 0 Å². The molecule has 0 saturated heterocycles. The molecule has 15 heavy (non-hydrogen) atoms. The molecule has 0 spiro atoms. The lowest BCUT2D eigenvalue weighted by molar-refractivity contribution is 0.0603. The third-order valence-electron chi connectivity index (χ3n) is 2.22. The lowest BCUT2D eigenvalue weighted by Gasteiger charge is -1.99. The van der Waals surface area contributed by atoms with Crippen molar-refractivity contribution >= 4 is 43.3 Å². The molecule has 0 aliphatic carbocycles. The summed E-state index contributed by atoms with van der Waals surface area (Å²) in [5, 5.41) is 1.07. The van der Waals surface area contributed by atoms with Crippen LogP contribution in [-0.4, -0.2) is 13.1 Å². The van der Waals surface area contributed by atoms with Crippen LogP contribution in [0.25, 0.3) is 10.1 Å². The maximum atomic E-state index is 11.5. The van der Waals surface area contributed by atoms with E-state index in [0.29, 0.717) is 5.56 Å². The van der Waals surface area contributed by atoms with Crippen LogP contribution in [0.4, 0.5) is 0 Å². The fourth-order valence-corrected chi connectivity index (χ4v) is 3.23. The van der Waals surface area contributed by atoms with Gasteiger partial charge < -0.3 is 4.74 Å². The minimum atomic E-state index is -0.283. The highest BCUT2D eigenvalue weighted by Gasteiger charge is 2.14. The van der Waals surface area contributed by atoms with Gasteiger partial charge in [-0.2, -0.15) is 0 Å². The van der Waals surface area contributed by atoms with Crippen LogP contribution in [0.3, 0.4) is 0 Å². The van der Waals surface area contributed by atoms with Gasteiger partial charge in [0.1, 0.15) is 0 Å². The molecular formula is C11H9BrO2S. The third kappa shape index (κ3) is 1.68. The zero-order valence-corrected chi connectivity index (χ0v) is 10.7. The summed E-state index contributed by atoms with van der Waals surface area (Å²) >= 11 is 5.12. The molecule has 4 heteroatoms. The summed E-state index contributed by atoms with van der Waals surface area (Å²) < 4.78 is 6.79. The van der Waals surface area contributed by atoms with Crippen LogP contribution < -0.4 is 0 Å². The van der Waals surface area contributed by atoms with Gasteiger partial charge in [-0.3, -0.25) is 0 Å². The summed E-state index contributed by atoms with van der Waals surface area (Å²) in [6, 6.07) is 5.65. The Labute approximate surface area is 100.0 Å². The topological polar surface area (TPSA) is 26.3 Å². The number of esters is 1. The summed E-state index contributed by atoms with van der Waals surface area (Å²) in [5.41, 5.74) is 0.633. The van der Waals surface area contributed by atoms with E-state index in [1.54, 1.807) is 17.4 Å². The quantitative estimate of drug-likeness (QED) is 0.746. The van der Waals surface area contributed by atoms with Crippen LogP contribution in [0.5, 0.6) is 0 Å². The minimum Gasteiger partial charge on any atom is -0.465 e. The number of hydrogen-bond acceptors (Lipinski definition) is 3. The molecule has 1 aromatic heterocycles. The predicted octanol–water partition coefficient (Wildman–Crippen LogP) is 3.76. The Bertz CT molecular complexity index is 531. The van der Waals surface area contributed by atoms with Crippen LogP contribution >= 0.6 is 27.3 Å². The molecule has 0 N–H and O–H groups in total. The largest absolute Gasteiger partial charge is 0.465 e. The van der Waals surface area contributed by atoms with E-state index in [4.69, 9.17) is 4.74 Å². The SMILES string of the molecule is COC(=O)c1cccc2c(Br)c(C)sc12. The van der Waals surface area contributed by atoms with E-state index in [-0.39, 0.29) is 5.97 Å². The second kappa shape index (κ2) is 3.94. The smallest absolute Gasteiger partial charge is 0.339 e. The summed E-state index contributed by atoms with van der Waals surface area (Å²) in [4.78, 5) is 12.7. The van der Waals surface area contributed by atoms with Gasteiger partial charge in [-0.15, -0.1) is 11.3 Å². The number of carbonyl (C=O) groups is 1. The van der Waals surface area contributed by atoms with Crippen molar-refractivity contribution in [3.8, 4) is 0 Å². The number of carbonyl (C=O) groups excluding carboxylic acids is 1. The number of thiophene rings is 1. The number of rotatable bonds is 1.